The van der Waals surface area contributed by atoms with Crippen molar-refractivity contribution in [3.63, 3.8) is 0 Å². The molecule has 0 fully saturated rings. The monoisotopic (exact) mass is 295 g/mol. The van der Waals surface area contributed by atoms with Crippen molar-refractivity contribution in [1.29, 1.82) is 0 Å². The van der Waals surface area contributed by atoms with Crippen molar-refractivity contribution in [3.8, 4) is 11.3 Å². The standard InChI is InChI=1S/C14H9ClN2O2.Na/c15-11-3-1-2-9(6-11)12-8-16-13-7-10(14(18)19)4-5-17(12)13;/h1-8H,(H,18,19);. The minimum absolute atomic E-state index is 0. The van der Waals surface area contributed by atoms with Gasteiger partial charge in [0.2, 0.25) is 0 Å². The quantitative estimate of drug-likeness (QED) is 0.740. The Morgan fingerprint density at radius 2 is 2.05 bits per heavy atom. The van der Waals surface area contributed by atoms with Gasteiger partial charge in [-0.15, -0.1) is 0 Å². The molecule has 0 unspecified atom stereocenters. The molecule has 0 amide bonds. The van der Waals surface area contributed by atoms with Crippen LogP contribution in [0.3, 0.4) is 0 Å². The Kier molecular flexibility index (Phi) is 4.50. The van der Waals surface area contributed by atoms with Gasteiger partial charge in [0.05, 0.1) is 17.5 Å². The molecule has 1 N–H and O–H groups in total. The van der Waals surface area contributed by atoms with Gasteiger partial charge < -0.3 is 5.11 Å². The molecule has 20 heavy (non-hydrogen) atoms. The summed E-state index contributed by atoms with van der Waals surface area (Å²) >= 11 is 5.97. The molecule has 0 atom stereocenters. The molecule has 2 aromatic heterocycles. The van der Waals surface area contributed by atoms with Gasteiger partial charge in [0.15, 0.2) is 0 Å². The van der Waals surface area contributed by atoms with Crippen LogP contribution in [0.25, 0.3) is 16.9 Å². The molecule has 4 nitrogen and oxygen atoms in total. The van der Waals surface area contributed by atoms with E-state index in [9.17, 15) is 4.79 Å². The summed E-state index contributed by atoms with van der Waals surface area (Å²) in [7, 11) is 0. The molecule has 3 rings (SSSR count). The molecule has 0 spiro atoms. The summed E-state index contributed by atoms with van der Waals surface area (Å²) < 4.78 is 1.83. The smallest absolute Gasteiger partial charge is 0.335 e. The molecule has 2 heterocycles. The van der Waals surface area contributed by atoms with Crippen molar-refractivity contribution < 1.29 is 9.90 Å². The fraction of sp³-hybridized carbons (Fsp3) is 0. The van der Waals surface area contributed by atoms with E-state index in [2.05, 4.69) is 4.98 Å². The van der Waals surface area contributed by atoms with Gasteiger partial charge in [-0.1, -0.05) is 23.7 Å². The molecule has 6 heteroatoms. The molecule has 3 aromatic rings. The number of halogens is 1. The topological polar surface area (TPSA) is 54.6 Å². The number of nitrogens with zero attached hydrogens (tertiary/aromatic N) is 2. The number of imidazole rings is 1. The number of hydrogen-bond donors (Lipinski definition) is 1. The molecule has 0 aliphatic carbocycles. The third kappa shape index (κ3) is 2.74. The van der Waals surface area contributed by atoms with Gasteiger partial charge in [-0.3, -0.25) is 4.40 Å². The van der Waals surface area contributed by atoms with Gasteiger partial charge in [-0.05, 0) is 24.3 Å². The number of carboxylic acids is 1. The Bertz CT molecular complexity index is 786. The molecule has 95 valence electrons. The van der Waals surface area contributed by atoms with Crippen molar-refractivity contribution in [1.82, 2.24) is 9.38 Å². The normalized spacial score (nSPS) is 10.2. The van der Waals surface area contributed by atoms with Crippen LogP contribution in [-0.4, -0.2) is 50.0 Å². The molecule has 1 radical (unpaired) electrons. The average molecular weight is 296 g/mol. The fourth-order valence-corrected chi connectivity index (χ4v) is 2.17. The second-order valence-electron chi connectivity index (χ2n) is 4.10. The van der Waals surface area contributed by atoms with E-state index < -0.39 is 5.97 Å². The summed E-state index contributed by atoms with van der Waals surface area (Å²) in [6.45, 7) is 0. The third-order valence-electron chi connectivity index (χ3n) is 2.88. The first kappa shape index (κ1) is 15.1. The number of aromatic carboxylic acids is 1. The van der Waals surface area contributed by atoms with E-state index in [1.807, 2.05) is 22.6 Å². The van der Waals surface area contributed by atoms with Gasteiger partial charge in [0.1, 0.15) is 5.65 Å². The van der Waals surface area contributed by atoms with Crippen LogP contribution in [0.1, 0.15) is 10.4 Å². The first-order chi connectivity index (χ1) is 9.15. The number of rotatable bonds is 2. The molecule has 0 saturated heterocycles. The van der Waals surface area contributed by atoms with Gasteiger partial charge in [-0.25, -0.2) is 9.78 Å². The maximum atomic E-state index is 10.9. The van der Waals surface area contributed by atoms with Crippen molar-refractivity contribution >= 4 is 52.8 Å². The summed E-state index contributed by atoms with van der Waals surface area (Å²) in [5, 5.41) is 9.60. The second-order valence-corrected chi connectivity index (χ2v) is 4.54. The molecule has 0 saturated carbocycles. The van der Waals surface area contributed by atoms with Gasteiger partial charge in [0.25, 0.3) is 0 Å². The van der Waals surface area contributed by atoms with Gasteiger partial charge in [-0.2, -0.15) is 0 Å². The van der Waals surface area contributed by atoms with Gasteiger partial charge >= 0.3 is 5.97 Å². The van der Waals surface area contributed by atoms with Crippen LogP contribution < -0.4 is 0 Å². The van der Waals surface area contributed by atoms with E-state index in [0.717, 1.165) is 11.3 Å². The van der Waals surface area contributed by atoms with Crippen molar-refractivity contribution in [3.05, 3.63) is 59.4 Å². The van der Waals surface area contributed by atoms with Crippen LogP contribution in [0.4, 0.5) is 0 Å². The summed E-state index contributed by atoms with van der Waals surface area (Å²) in [6.07, 6.45) is 3.40. The summed E-state index contributed by atoms with van der Waals surface area (Å²) in [5.74, 6) is -0.963. The molecule has 1 aromatic carbocycles. The summed E-state index contributed by atoms with van der Waals surface area (Å²) in [5.41, 5.74) is 2.61. The largest absolute Gasteiger partial charge is 0.478 e. The van der Waals surface area contributed by atoms with Crippen molar-refractivity contribution in [2.45, 2.75) is 0 Å². The van der Waals surface area contributed by atoms with Crippen LogP contribution >= 0.6 is 11.6 Å². The van der Waals surface area contributed by atoms with E-state index in [0.29, 0.717) is 10.7 Å². The second kappa shape index (κ2) is 5.97. The number of fused-ring (bicyclic) bond motifs is 1. The van der Waals surface area contributed by atoms with E-state index in [4.69, 9.17) is 16.7 Å². The molecule has 0 aliphatic rings. The zero-order valence-electron chi connectivity index (χ0n) is 10.7. The summed E-state index contributed by atoms with van der Waals surface area (Å²) in [4.78, 5) is 15.1. The van der Waals surface area contributed by atoms with Crippen LogP contribution in [-0.2, 0) is 0 Å². The Labute approximate surface area is 142 Å². The molecular formula is C14H9ClN2NaO2. The Balaban J connectivity index is 0.00000147. The number of pyridine rings is 1. The van der Waals surface area contributed by atoms with E-state index in [-0.39, 0.29) is 35.1 Å². The number of carboxylic acid groups (broad SMARTS) is 1. The zero-order valence-corrected chi connectivity index (χ0v) is 13.5. The van der Waals surface area contributed by atoms with Crippen molar-refractivity contribution in [2.75, 3.05) is 0 Å². The molecular weight excluding hydrogens is 287 g/mol. The minimum atomic E-state index is -0.963. The predicted molar refractivity (Wildman–Crippen MR) is 78.4 cm³/mol. The molecule has 0 bridgehead atoms. The van der Waals surface area contributed by atoms with E-state index >= 15 is 0 Å². The zero-order chi connectivity index (χ0) is 13.4. The maximum Gasteiger partial charge on any atom is 0.335 e. The Hall–Kier alpha value is -1.33. The van der Waals surface area contributed by atoms with Crippen LogP contribution in [0.15, 0.2) is 48.8 Å². The number of hydrogen-bond acceptors (Lipinski definition) is 2. The van der Waals surface area contributed by atoms with E-state index in [1.165, 1.54) is 6.07 Å². The summed E-state index contributed by atoms with van der Waals surface area (Å²) in [6, 6.07) is 10.5. The fourth-order valence-electron chi connectivity index (χ4n) is 1.98. The Morgan fingerprint density at radius 3 is 2.75 bits per heavy atom. The first-order valence-corrected chi connectivity index (χ1v) is 5.99. The first-order valence-electron chi connectivity index (χ1n) is 5.61. The van der Waals surface area contributed by atoms with Gasteiger partial charge in [0, 0.05) is 46.3 Å². The number of benzene rings is 1. The van der Waals surface area contributed by atoms with Crippen LogP contribution in [0, 0.1) is 0 Å². The minimum Gasteiger partial charge on any atom is -0.478 e. The maximum absolute atomic E-state index is 10.9. The van der Waals surface area contributed by atoms with Crippen LogP contribution in [0.2, 0.25) is 5.02 Å². The Morgan fingerprint density at radius 1 is 1.25 bits per heavy atom. The van der Waals surface area contributed by atoms with E-state index in [1.54, 1.807) is 24.5 Å². The number of carbonyl (C=O) groups is 1. The van der Waals surface area contributed by atoms with Crippen molar-refractivity contribution in [2.24, 2.45) is 0 Å². The average Bonchev–Trinajstić information content (AvgIpc) is 2.81. The van der Waals surface area contributed by atoms with Crippen LogP contribution in [0.5, 0.6) is 0 Å². The SMILES string of the molecule is O=C(O)c1ccn2c(-c3cccc(Cl)c3)cnc2c1.[Na]. The number of aromatic nitrogens is 2. The third-order valence-corrected chi connectivity index (χ3v) is 3.12. The predicted octanol–water partition coefficient (Wildman–Crippen LogP) is 2.97. The molecule has 0 aliphatic heterocycles.